The minimum Gasteiger partial charge on any atom is -0.461 e. The normalized spacial score (nSPS) is 16.8. The third-order valence-electron chi connectivity index (χ3n) is 1.10. The maximum atomic E-state index is 12.4. The zero-order valence-electron chi connectivity index (χ0n) is 6.60. The van der Waals surface area contributed by atoms with Gasteiger partial charge in [0, 0.05) is 6.92 Å². The Kier molecular flexibility index (Phi) is 3.09. The first kappa shape index (κ1) is 11.2. The van der Waals surface area contributed by atoms with Crippen LogP contribution < -0.4 is 0 Å². The largest absolute Gasteiger partial charge is 0.461 e. The summed E-state index contributed by atoms with van der Waals surface area (Å²) < 4.78 is 40.9. The van der Waals surface area contributed by atoms with Crippen LogP contribution in [0.4, 0.5) is 13.2 Å². The van der Waals surface area contributed by atoms with Gasteiger partial charge in [0.2, 0.25) is 0 Å². The predicted molar refractivity (Wildman–Crippen MR) is 33.3 cm³/mol. The van der Waals surface area contributed by atoms with Crippen LogP contribution >= 0.6 is 0 Å². The van der Waals surface area contributed by atoms with Gasteiger partial charge in [-0.15, -0.1) is 0 Å². The molecule has 6 heteroatoms. The molecule has 0 aromatic rings. The predicted octanol–water partition coefficient (Wildman–Crippen LogP) is 0.863. The van der Waals surface area contributed by atoms with E-state index in [1.807, 2.05) is 0 Å². The molecule has 0 bridgehead atoms. The van der Waals surface area contributed by atoms with E-state index in [4.69, 9.17) is 5.11 Å². The van der Waals surface area contributed by atoms with E-state index in [-0.39, 0.29) is 13.5 Å². The van der Waals surface area contributed by atoms with Crippen LogP contribution in [0.15, 0.2) is 0 Å². The fourth-order valence-corrected chi connectivity index (χ4v) is 0.408. The van der Waals surface area contributed by atoms with Gasteiger partial charge in [-0.1, -0.05) is 0 Å². The lowest BCUT2D eigenvalue weighted by molar-refractivity contribution is -0.248. The molecule has 3 nitrogen and oxygen atoms in total. The van der Waals surface area contributed by atoms with Gasteiger partial charge >= 0.3 is 11.9 Å². The standard InChI is InChI=1S/C6H9F3O3/c1-3-12-4(10)6(8,9)5(2,7)11/h11H,3H2,1-2H3. The van der Waals surface area contributed by atoms with Gasteiger partial charge < -0.3 is 9.84 Å². The number of alkyl halides is 3. The number of carbonyl (C=O) groups is 1. The number of aliphatic hydroxyl groups is 1. The van der Waals surface area contributed by atoms with Crippen LogP contribution in [0, 0.1) is 0 Å². The van der Waals surface area contributed by atoms with Crippen molar-refractivity contribution in [2.24, 2.45) is 0 Å². The Hall–Kier alpha value is -0.780. The van der Waals surface area contributed by atoms with Crippen molar-refractivity contribution in [3.63, 3.8) is 0 Å². The maximum absolute atomic E-state index is 12.4. The van der Waals surface area contributed by atoms with E-state index in [9.17, 15) is 18.0 Å². The quantitative estimate of drug-likeness (QED) is 0.665. The molecule has 0 saturated carbocycles. The number of rotatable bonds is 3. The molecule has 0 rings (SSSR count). The highest BCUT2D eigenvalue weighted by Gasteiger charge is 2.58. The molecule has 0 amide bonds. The smallest absolute Gasteiger partial charge is 0.399 e. The topological polar surface area (TPSA) is 46.5 Å². The van der Waals surface area contributed by atoms with E-state index in [2.05, 4.69) is 4.74 Å². The number of esters is 1. The molecule has 0 spiro atoms. The maximum Gasteiger partial charge on any atom is 0.399 e. The monoisotopic (exact) mass is 186 g/mol. The third kappa shape index (κ3) is 2.10. The van der Waals surface area contributed by atoms with Gasteiger partial charge in [-0.25, -0.2) is 9.18 Å². The Bertz CT molecular complexity index is 173. The summed E-state index contributed by atoms with van der Waals surface area (Å²) in [6, 6.07) is 0. The Morgan fingerprint density at radius 1 is 1.50 bits per heavy atom. The molecule has 0 aliphatic heterocycles. The molecule has 0 heterocycles. The first-order valence-corrected chi connectivity index (χ1v) is 3.19. The van der Waals surface area contributed by atoms with Crippen molar-refractivity contribution in [3.05, 3.63) is 0 Å². The summed E-state index contributed by atoms with van der Waals surface area (Å²) >= 11 is 0. The van der Waals surface area contributed by atoms with Crippen molar-refractivity contribution in [2.75, 3.05) is 6.61 Å². The van der Waals surface area contributed by atoms with Crippen molar-refractivity contribution in [3.8, 4) is 0 Å². The summed E-state index contributed by atoms with van der Waals surface area (Å²) in [6.07, 6.45) is 0. The fraction of sp³-hybridized carbons (Fsp3) is 0.833. The van der Waals surface area contributed by atoms with Gasteiger partial charge in [-0.3, -0.25) is 0 Å². The highest BCUT2D eigenvalue weighted by atomic mass is 19.3. The van der Waals surface area contributed by atoms with Gasteiger partial charge in [0.05, 0.1) is 6.61 Å². The number of hydrogen-bond donors (Lipinski definition) is 1. The van der Waals surface area contributed by atoms with Crippen LogP contribution in [-0.2, 0) is 9.53 Å². The van der Waals surface area contributed by atoms with Crippen molar-refractivity contribution in [1.82, 2.24) is 0 Å². The summed E-state index contributed by atoms with van der Waals surface area (Å²) in [5.74, 6) is -10.5. The molecule has 0 aromatic heterocycles. The third-order valence-corrected chi connectivity index (χ3v) is 1.10. The van der Waals surface area contributed by atoms with E-state index in [0.29, 0.717) is 0 Å². The molecule has 0 fully saturated rings. The molecule has 72 valence electrons. The van der Waals surface area contributed by atoms with Crippen molar-refractivity contribution in [2.45, 2.75) is 25.6 Å². The number of carbonyl (C=O) groups excluding carboxylic acids is 1. The average molecular weight is 186 g/mol. The summed E-state index contributed by atoms with van der Waals surface area (Å²) in [5.41, 5.74) is 0. The molecule has 1 unspecified atom stereocenters. The Labute approximate surface area is 67.1 Å². The van der Waals surface area contributed by atoms with Crippen molar-refractivity contribution < 1.29 is 27.8 Å². The van der Waals surface area contributed by atoms with Crippen LogP contribution in [0.3, 0.4) is 0 Å². The first-order chi connectivity index (χ1) is 5.23. The fourth-order valence-electron chi connectivity index (χ4n) is 0.408. The van der Waals surface area contributed by atoms with Gasteiger partial charge in [0.1, 0.15) is 0 Å². The highest BCUT2D eigenvalue weighted by molar-refractivity contribution is 5.78. The van der Waals surface area contributed by atoms with Crippen LogP contribution in [0.25, 0.3) is 0 Å². The Morgan fingerprint density at radius 2 is 1.92 bits per heavy atom. The van der Waals surface area contributed by atoms with Crippen molar-refractivity contribution >= 4 is 5.97 Å². The molecular weight excluding hydrogens is 177 g/mol. The summed E-state index contributed by atoms with van der Waals surface area (Å²) in [6.45, 7) is 1.18. The average Bonchev–Trinajstić information content (AvgIpc) is 1.85. The van der Waals surface area contributed by atoms with Gasteiger partial charge in [-0.05, 0) is 6.92 Å². The van der Waals surface area contributed by atoms with Gasteiger partial charge in [-0.2, -0.15) is 8.78 Å². The summed E-state index contributed by atoms with van der Waals surface area (Å²) in [4.78, 5) is 10.3. The minimum absolute atomic E-state index is 0.184. The van der Waals surface area contributed by atoms with Crippen LogP contribution in [0.5, 0.6) is 0 Å². The minimum atomic E-state index is -4.52. The second-order valence-corrected chi connectivity index (χ2v) is 2.25. The molecule has 0 aliphatic rings. The van der Waals surface area contributed by atoms with Crippen LogP contribution in [-0.4, -0.2) is 29.5 Å². The number of halogens is 3. The van der Waals surface area contributed by atoms with E-state index in [0.717, 1.165) is 0 Å². The Balaban J connectivity index is 4.50. The SMILES string of the molecule is CCOC(=O)C(F)(F)C(C)(O)F. The second kappa shape index (κ2) is 3.30. The van der Waals surface area contributed by atoms with Gasteiger partial charge in [0.25, 0.3) is 5.85 Å². The molecule has 0 aliphatic carbocycles. The van der Waals surface area contributed by atoms with Crippen molar-refractivity contribution in [1.29, 1.82) is 0 Å². The molecular formula is C6H9F3O3. The van der Waals surface area contributed by atoms with E-state index in [1.54, 1.807) is 0 Å². The molecule has 12 heavy (non-hydrogen) atoms. The van der Waals surface area contributed by atoms with E-state index >= 15 is 0 Å². The van der Waals surface area contributed by atoms with Gasteiger partial charge in [0.15, 0.2) is 0 Å². The first-order valence-electron chi connectivity index (χ1n) is 3.19. The molecule has 0 saturated heterocycles. The molecule has 0 aromatic carbocycles. The zero-order valence-corrected chi connectivity index (χ0v) is 6.60. The van der Waals surface area contributed by atoms with E-state index < -0.39 is 17.7 Å². The molecule has 1 atom stereocenters. The zero-order chi connectivity index (χ0) is 9.99. The highest BCUT2D eigenvalue weighted by Crippen LogP contribution is 2.30. The molecule has 0 radical (unpaired) electrons. The second-order valence-electron chi connectivity index (χ2n) is 2.25. The van der Waals surface area contributed by atoms with Crippen LogP contribution in [0.1, 0.15) is 13.8 Å². The summed E-state index contributed by atoms with van der Waals surface area (Å²) in [5, 5.41) is 8.22. The lowest BCUT2D eigenvalue weighted by Gasteiger charge is -2.22. The number of ether oxygens (including phenoxy) is 1. The number of hydrogen-bond acceptors (Lipinski definition) is 3. The van der Waals surface area contributed by atoms with Crippen LogP contribution in [0.2, 0.25) is 0 Å². The molecule has 1 N–H and O–H groups in total. The van der Waals surface area contributed by atoms with E-state index in [1.165, 1.54) is 6.92 Å². The summed E-state index contributed by atoms with van der Waals surface area (Å²) in [7, 11) is 0. The Morgan fingerprint density at radius 3 is 2.17 bits per heavy atom. The lowest BCUT2D eigenvalue weighted by atomic mass is 10.2. The lowest BCUT2D eigenvalue weighted by Crippen LogP contribution is -2.48.